The van der Waals surface area contributed by atoms with Crippen LogP contribution in [0.1, 0.15) is 40.0 Å². The van der Waals surface area contributed by atoms with Crippen molar-refractivity contribution in [2.75, 3.05) is 13.1 Å². The maximum Gasteiger partial charge on any atom is 0.259 e. The van der Waals surface area contributed by atoms with Crippen LogP contribution in [-0.4, -0.2) is 43.8 Å². The maximum absolute atomic E-state index is 12.7. The van der Waals surface area contributed by atoms with Gasteiger partial charge in [-0.1, -0.05) is 10.3 Å². The lowest BCUT2D eigenvalue weighted by atomic mass is 10.1. The summed E-state index contributed by atoms with van der Waals surface area (Å²) in [4.78, 5) is 19.0. The highest BCUT2D eigenvalue weighted by atomic mass is 16.5. The zero-order valence-corrected chi connectivity index (χ0v) is 14.4. The fourth-order valence-corrected chi connectivity index (χ4v) is 3.29. The number of nitrogens with zero attached hydrogens (tertiary/aromatic N) is 5. The summed E-state index contributed by atoms with van der Waals surface area (Å²) in [7, 11) is 1.94. The molecule has 0 spiro atoms. The SMILES string of the molecule is Cc1noc(C)c1C(=O)N1CCC(c2nc(-c3cccn3C)no2)C1. The number of amides is 1. The van der Waals surface area contributed by atoms with Crippen LogP contribution in [0.25, 0.3) is 11.5 Å². The van der Waals surface area contributed by atoms with Gasteiger partial charge in [-0.25, -0.2) is 0 Å². The lowest BCUT2D eigenvalue weighted by molar-refractivity contribution is 0.0787. The van der Waals surface area contributed by atoms with Crippen molar-refractivity contribution >= 4 is 5.91 Å². The Labute approximate surface area is 144 Å². The molecule has 0 radical (unpaired) electrons. The Morgan fingerprint density at radius 1 is 1.28 bits per heavy atom. The summed E-state index contributed by atoms with van der Waals surface area (Å²) in [5, 5.41) is 7.94. The summed E-state index contributed by atoms with van der Waals surface area (Å²) in [6.07, 6.45) is 2.73. The van der Waals surface area contributed by atoms with E-state index in [9.17, 15) is 4.79 Å². The van der Waals surface area contributed by atoms with E-state index in [1.807, 2.05) is 29.9 Å². The molecular formula is C17H19N5O3. The van der Waals surface area contributed by atoms with Crippen LogP contribution in [0, 0.1) is 13.8 Å². The molecule has 1 atom stereocenters. The molecule has 3 aromatic heterocycles. The van der Waals surface area contributed by atoms with Crippen LogP contribution in [-0.2, 0) is 7.05 Å². The van der Waals surface area contributed by atoms with Gasteiger partial charge in [0.25, 0.3) is 5.91 Å². The van der Waals surface area contributed by atoms with Gasteiger partial charge in [-0.3, -0.25) is 4.79 Å². The first-order valence-electron chi connectivity index (χ1n) is 8.22. The Balaban J connectivity index is 1.51. The van der Waals surface area contributed by atoms with Crippen molar-refractivity contribution in [3.63, 3.8) is 0 Å². The van der Waals surface area contributed by atoms with Crippen molar-refractivity contribution < 1.29 is 13.8 Å². The third-order valence-electron chi connectivity index (χ3n) is 4.69. The molecule has 1 fully saturated rings. The molecule has 4 rings (SSSR count). The molecule has 4 heterocycles. The van der Waals surface area contributed by atoms with Gasteiger partial charge in [0.2, 0.25) is 11.7 Å². The molecule has 0 N–H and O–H groups in total. The largest absolute Gasteiger partial charge is 0.361 e. The second-order valence-corrected chi connectivity index (χ2v) is 6.40. The van der Waals surface area contributed by atoms with Crippen molar-refractivity contribution in [2.45, 2.75) is 26.2 Å². The van der Waals surface area contributed by atoms with Crippen LogP contribution < -0.4 is 0 Å². The first-order chi connectivity index (χ1) is 12.0. The van der Waals surface area contributed by atoms with E-state index in [2.05, 4.69) is 15.3 Å². The van der Waals surface area contributed by atoms with Gasteiger partial charge < -0.3 is 18.5 Å². The molecular weight excluding hydrogens is 322 g/mol. The number of aromatic nitrogens is 4. The van der Waals surface area contributed by atoms with Crippen molar-refractivity contribution in [2.24, 2.45) is 7.05 Å². The summed E-state index contributed by atoms with van der Waals surface area (Å²) in [5.74, 6) is 1.69. The lowest BCUT2D eigenvalue weighted by Crippen LogP contribution is -2.29. The molecule has 0 aliphatic carbocycles. The van der Waals surface area contributed by atoms with Gasteiger partial charge in [0.15, 0.2) is 0 Å². The number of hydrogen-bond donors (Lipinski definition) is 0. The van der Waals surface area contributed by atoms with Crippen LogP contribution in [0.3, 0.4) is 0 Å². The molecule has 8 heteroatoms. The van der Waals surface area contributed by atoms with Gasteiger partial charge in [-0.05, 0) is 32.4 Å². The summed E-state index contributed by atoms with van der Waals surface area (Å²) in [6, 6.07) is 3.88. The van der Waals surface area contributed by atoms with Crippen LogP contribution >= 0.6 is 0 Å². The first kappa shape index (κ1) is 15.6. The van der Waals surface area contributed by atoms with Crippen molar-refractivity contribution in [1.29, 1.82) is 0 Å². The summed E-state index contributed by atoms with van der Waals surface area (Å²) < 4.78 is 12.5. The Hall–Kier alpha value is -2.90. The Bertz CT molecular complexity index is 903. The van der Waals surface area contributed by atoms with Gasteiger partial charge in [0.1, 0.15) is 11.3 Å². The molecule has 1 aliphatic heterocycles. The second kappa shape index (κ2) is 5.87. The normalized spacial score (nSPS) is 17.4. The minimum Gasteiger partial charge on any atom is -0.361 e. The molecule has 3 aromatic rings. The van der Waals surface area contributed by atoms with Crippen LogP contribution in [0.2, 0.25) is 0 Å². The predicted octanol–water partition coefficient (Wildman–Crippen LogP) is 2.31. The minimum atomic E-state index is -0.0547. The number of carbonyl (C=O) groups excluding carboxylic acids is 1. The number of rotatable bonds is 3. The van der Waals surface area contributed by atoms with E-state index in [1.165, 1.54) is 0 Å². The Kier molecular flexibility index (Phi) is 3.67. The highest BCUT2D eigenvalue weighted by Crippen LogP contribution is 2.29. The van der Waals surface area contributed by atoms with Gasteiger partial charge in [0, 0.05) is 26.3 Å². The zero-order chi connectivity index (χ0) is 17.6. The monoisotopic (exact) mass is 341 g/mol. The quantitative estimate of drug-likeness (QED) is 0.726. The molecule has 0 saturated carbocycles. The number of carbonyl (C=O) groups is 1. The molecule has 1 saturated heterocycles. The third-order valence-corrected chi connectivity index (χ3v) is 4.69. The van der Waals surface area contributed by atoms with E-state index in [1.54, 1.807) is 18.7 Å². The van der Waals surface area contributed by atoms with E-state index in [0.29, 0.717) is 41.8 Å². The third kappa shape index (κ3) is 2.63. The van der Waals surface area contributed by atoms with Crippen LogP contribution in [0.15, 0.2) is 27.4 Å². The molecule has 0 bridgehead atoms. The van der Waals surface area contributed by atoms with Gasteiger partial charge in [-0.2, -0.15) is 4.98 Å². The van der Waals surface area contributed by atoms with E-state index in [4.69, 9.17) is 9.05 Å². The Morgan fingerprint density at radius 3 is 2.80 bits per heavy atom. The van der Waals surface area contributed by atoms with E-state index in [0.717, 1.165) is 12.1 Å². The Morgan fingerprint density at radius 2 is 2.12 bits per heavy atom. The van der Waals surface area contributed by atoms with Crippen molar-refractivity contribution in [1.82, 2.24) is 24.8 Å². The zero-order valence-electron chi connectivity index (χ0n) is 14.4. The molecule has 1 unspecified atom stereocenters. The summed E-state index contributed by atoms with van der Waals surface area (Å²) >= 11 is 0. The molecule has 8 nitrogen and oxygen atoms in total. The van der Waals surface area contributed by atoms with E-state index >= 15 is 0 Å². The first-order valence-corrected chi connectivity index (χ1v) is 8.22. The number of likely N-dealkylation sites (tertiary alicyclic amines) is 1. The highest BCUT2D eigenvalue weighted by Gasteiger charge is 2.33. The predicted molar refractivity (Wildman–Crippen MR) is 87.9 cm³/mol. The average molecular weight is 341 g/mol. The van der Waals surface area contributed by atoms with Crippen LogP contribution in [0.5, 0.6) is 0 Å². The van der Waals surface area contributed by atoms with E-state index in [-0.39, 0.29) is 11.8 Å². The molecule has 1 amide bonds. The lowest BCUT2D eigenvalue weighted by Gasteiger charge is -2.15. The minimum absolute atomic E-state index is 0.0472. The molecule has 25 heavy (non-hydrogen) atoms. The summed E-state index contributed by atoms with van der Waals surface area (Å²) in [6.45, 7) is 4.74. The standard InChI is InChI=1S/C17H19N5O3/c1-10-14(11(2)24-19-10)17(23)22-8-6-12(9-22)16-18-15(20-25-16)13-5-4-7-21(13)3/h4-5,7,12H,6,8-9H2,1-3H3. The second-order valence-electron chi connectivity index (χ2n) is 6.40. The molecule has 0 aromatic carbocycles. The van der Waals surface area contributed by atoms with Crippen LogP contribution in [0.4, 0.5) is 0 Å². The van der Waals surface area contributed by atoms with Crippen molar-refractivity contribution in [3.05, 3.63) is 41.2 Å². The summed E-state index contributed by atoms with van der Waals surface area (Å²) in [5.41, 5.74) is 2.07. The smallest absolute Gasteiger partial charge is 0.259 e. The fraction of sp³-hybridized carbons (Fsp3) is 0.412. The highest BCUT2D eigenvalue weighted by molar-refractivity contribution is 5.96. The van der Waals surface area contributed by atoms with Gasteiger partial charge >= 0.3 is 0 Å². The fourth-order valence-electron chi connectivity index (χ4n) is 3.29. The molecule has 130 valence electrons. The van der Waals surface area contributed by atoms with E-state index < -0.39 is 0 Å². The number of aryl methyl sites for hydroxylation is 3. The van der Waals surface area contributed by atoms with Crippen molar-refractivity contribution in [3.8, 4) is 11.5 Å². The maximum atomic E-state index is 12.7. The number of hydrogen-bond acceptors (Lipinski definition) is 6. The average Bonchev–Trinajstić information content (AvgIpc) is 3.34. The van der Waals surface area contributed by atoms with Gasteiger partial charge in [-0.15, -0.1) is 0 Å². The van der Waals surface area contributed by atoms with Gasteiger partial charge in [0.05, 0.1) is 17.3 Å². The molecule has 1 aliphatic rings. The topological polar surface area (TPSA) is 90.2 Å².